The van der Waals surface area contributed by atoms with Crippen LogP contribution < -0.4 is 11.1 Å². The van der Waals surface area contributed by atoms with Crippen molar-refractivity contribution in [1.82, 2.24) is 0 Å². The number of carbonyl (C=O) groups excluding carboxylic acids is 1. The van der Waals surface area contributed by atoms with Crippen LogP contribution in [0.2, 0.25) is 0 Å². The number of ketones is 1. The standard InChI is InChI=1S/C16H18N2O/c1-3-18-16-9-8-14(10-15(16)17)13-6-4-12(5-7-13)11(2)19/h4-10,18H,3,17H2,1-2H3. The van der Waals surface area contributed by atoms with Gasteiger partial charge in [0.1, 0.15) is 0 Å². The van der Waals surface area contributed by atoms with Crippen LogP contribution in [0.5, 0.6) is 0 Å². The van der Waals surface area contributed by atoms with Gasteiger partial charge in [0.15, 0.2) is 5.78 Å². The Morgan fingerprint density at radius 3 is 2.26 bits per heavy atom. The summed E-state index contributed by atoms with van der Waals surface area (Å²) in [6.45, 7) is 4.45. The molecule has 0 amide bonds. The van der Waals surface area contributed by atoms with E-state index in [2.05, 4.69) is 5.32 Å². The fraction of sp³-hybridized carbons (Fsp3) is 0.188. The molecule has 0 saturated carbocycles. The molecule has 2 aromatic carbocycles. The van der Waals surface area contributed by atoms with Gasteiger partial charge in [-0.2, -0.15) is 0 Å². The third kappa shape index (κ3) is 2.94. The van der Waals surface area contributed by atoms with Crippen molar-refractivity contribution >= 4 is 17.2 Å². The van der Waals surface area contributed by atoms with E-state index in [0.29, 0.717) is 0 Å². The maximum absolute atomic E-state index is 11.2. The number of hydrogen-bond donors (Lipinski definition) is 2. The summed E-state index contributed by atoms with van der Waals surface area (Å²) >= 11 is 0. The number of nitrogen functional groups attached to an aromatic ring is 1. The van der Waals surface area contributed by atoms with E-state index in [4.69, 9.17) is 5.73 Å². The van der Waals surface area contributed by atoms with Crippen LogP contribution in [0.3, 0.4) is 0 Å². The lowest BCUT2D eigenvalue weighted by molar-refractivity contribution is 0.101. The molecule has 0 saturated heterocycles. The van der Waals surface area contributed by atoms with Gasteiger partial charge in [0.2, 0.25) is 0 Å². The molecule has 0 aliphatic carbocycles. The summed E-state index contributed by atoms with van der Waals surface area (Å²) in [5.41, 5.74) is 10.5. The maximum Gasteiger partial charge on any atom is 0.159 e. The Labute approximate surface area is 113 Å². The molecule has 98 valence electrons. The molecule has 0 aromatic heterocycles. The molecule has 19 heavy (non-hydrogen) atoms. The zero-order valence-corrected chi connectivity index (χ0v) is 11.2. The molecule has 3 nitrogen and oxygen atoms in total. The molecule has 0 atom stereocenters. The second-order valence-electron chi connectivity index (χ2n) is 4.47. The highest BCUT2D eigenvalue weighted by molar-refractivity contribution is 5.94. The van der Waals surface area contributed by atoms with Crippen LogP contribution >= 0.6 is 0 Å². The predicted molar refractivity (Wildman–Crippen MR) is 80.5 cm³/mol. The first-order valence-electron chi connectivity index (χ1n) is 6.36. The van der Waals surface area contributed by atoms with Gasteiger partial charge in [-0.15, -0.1) is 0 Å². The van der Waals surface area contributed by atoms with Crippen LogP contribution in [0.1, 0.15) is 24.2 Å². The molecular weight excluding hydrogens is 236 g/mol. The number of nitrogens with one attached hydrogen (secondary N) is 1. The zero-order valence-electron chi connectivity index (χ0n) is 11.2. The molecular formula is C16H18N2O. The smallest absolute Gasteiger partial charge is 0.159 e. The molecule has 0 spiro atoms. The van der Waals surface area contributed by atoms with Crippen molar-refractivity contribution in [3.8, 4) is 11.1 Å². The monoisotopic (exact) mass is 254 g/mol. The van der Waals surface area contributed by atoms with Crippen LogP contribution in [-0.2, 0) is 0 Å². The SMILES string of the molecule is CCNc1ccc(-c2ccc(C(C)=O)cc2)cc1N. The second kappa shape index (κ2) is 5.57. The summed E-state index contributed by atoms with van der Waals surface area (Å²) < 4.78 is 0. The number of nitrogens with two attached hydrogens (primary N) is 1. The number of benzene rings is 2. The predicted octanol–water partition coefficient (Wildman–Crippen LogP) is 3.57. The van der Waals surface area contributed by atoms with Gasteiger partial charge in [-0.3, -0.25) is 4.79 Å². The first-order valence-corrected chi connectivity index (χ1v) is 6.36. The van der Waals surface area contributed by atoms with Gasteiger partial charge >= 0.3 is 0 Å². The zero-order chi connectivity index (χ0) is 13.8. The first kappa shape index (κ1) is 13.1. The number of carbonyl (C=O) groups is 1. The summed E-state index contributed by atoms with van der Waals surface area (Å²) in [5.74, 6) is 0.0774. The van der Waals surface area contributed by atoms with Crippen molar-refractivity contribution in [3.05, 3.63) is 48.0 Å². The minimum atomic E-state index is 0.0774. The Hall–Kier alpha value is -2.29. The first-order chi connectivity index (χ1) is 9.11. The van der Waals surface area contributed by atoms with Crippen molar-refractivity contribution in [2.75, 3.05) is 17.6 Å². The molecule has 0 radical (unpaired) electrons. The summed E-state index contributed by atoms with van der Waals surface area (Å²) in [6, 6.07) is 13.5. The van der Waals surface area contributed by atoms with E-state index in [1.165, 1.54) is 0 Å². The van der Waals surface area contributed by atoms with Crippen molar-refractivity contribution in [2.45, 2.75) is 13.8 Å². The Balaban J connectivity index is 2.31. The third-order valence-electron chi connectivity index (χ3n) is 3.04. The number of anilines is 2. The average molecular weight is 254 g/mol. The summed E-state index contributed by atoms with van der Waals surface area (Å²) in [7, 11) is 0. The average Bonchev–Trinajstić information content (AvgIpc) is 2.41. The minimum absolute atomic E-state index is 0.0774. The van der Waals surface area contributed by atoms with Gasteiger partial charge in [-0.05, 0) is 37.1 Å². The van der Waals surface area contributed by atoms with Crippen LogP contribution in [0.4, 0.5) is 11.4 Å². The summed E-state index contributed by atoms with van der Waals surface area (Å²) in [6.07, 6.45) is 0. The van der Waals surface area contributed by atoms with Gasteiger partial charge < -0.3 is 11.1 Å². The van der Waals surface area contributed by atoms with Crippen molar-refractivity contribution in [3.63, 3.8) is 0 Å². The molecule has 0 bridgehead atoms. The largest absolute Gasteiger partial charge is 0.397 e. The molecule has 2 aromatic rings. The van der Waals surface area contributed by atoms with Crippen LogP contribution in [0, 0.1) is 0 Å². The molecule has 3 N–H and O–H groups in total. The van der Waals surface area contributed by atoms with Gasteiger partial charge in [-0.25, -0.2) is 0 Å². The van der Waals surface area contributed by atoms with Gasteiger partial charge in [0, 0.05) is 12.1 Å². The molecule has 0 aliphatic rings. The highest BCUT2D eigenvalue weighted by atomic mass is 16.1. The quantitative estimate of drug-likeness (QED) is 0.647. The van der Waals surface area contributed by atoms with Gasteiger partial charge in [-0.1, -0.05) is 30.3 Å². The highest BCUT2D eigenvalue weighted by Gasteiger charge is 2.04. The number of hydrogen-bond acceptors (Lipinski definition) is 3. The lowest BCUT2D eigenvalue weighted by atomic mass is 10.0. The lowest BCUT2D eigenvalue weighted by Crippen LogP contribution is -2.00. The van der Waals surface area contributed by atoms with Gasteiger partial charge in [0.05, 0.1) is 11.4 Å². The van der Waals surface area contributed by atoms with E-state index in [0.717, 1.165) is 34.6 Å². The van der Waals surface area contributed by atoms with E-state index >= 15 is 0 Å². The fourth-order valence-electron chi connectivity index (χ4n) is 1.99. The second-order valence-corrected chi connectivity index (χ2v) is 4.47. The molecule has 0 heterocycles. The van der Waals surface area contributed by atoms with Crippen molar-refractivity contribution in [2.24, 2.45) is 0 Å². The topological polar surface area (TPSA) is 55.1 Å². The van der Waals surface area contributed by atoms with Crippen LogP contribution in [-0.4, -0.2) is 12.3 Å². The van der Waals surface area contributed by atoms with E-state index in [1.54, 1.807) is 6.92 Å². The van der Waals surface area contributed by atoms with E-state index in [1.807, 2.05) is 49.4 Å². The molecule has 0 aliphatic heterocycles. The number of Topliss-reactive ketones (excluding diaryl/α,β-unsaturated/α-hetero) is 1. The normalized spacial score (nSPS) is 10.2. The van der Waals surface area contributed by atoms with E-state index in [-0.39, 0.29) is 5.78 Å². The molecule has 0 fully saturated rings. The summed E-state index contributed by atoms with van der Waals surface area (Å²) in [5, 5.41) is 3.21. The van der Waals surface area contributed by atoms with Crippen molar-refractivity contribution in [1.29, 1.82) is 0 Å². The maximum atomic E-state index is 11.2. The molecule has 2 rings (SSSR count). The third-order valence-corrected chi connectivity index (χ3v) is 3.04. The van der Waals surface area contributed by atoms with Crippen molar-refractivity contribution < 1.29 is 4.79 Å². The Morgan fingerprint density at radius 2 is 1.74 bits per heavy atom. The molecule has 3 heteroatoms. The van der Waals surface area contributed by atoms with E-state index in [9.17, 15) is 4.79 Å². The molecule has 0 unspecified atom stereocenters. The summed E-state index contributed by atoms with van der Waals surface area (Å²) in [4.78, 5) is 11.2. The van der Waals surface area contributed by atoms with Crippen LogP contribution in [0.15, 0.2) is 42.5 Å². The highest BCUT2D eigenvalue weighted by Crippen LogP contribution is 2.27. The number of rotatable bonds is 4. The van der Waals surface area contributed by atoms with Gasteiger partial charge in [0.25, 0.3) is 0 Å². The van der Waals surface area contributed by atoms with Crippen LogP contribution in [0.25, 0.3) is 11.1 Å². The Morgan fingerprint density at radius 1 is 1.11 bits per heavy atom. The fourth-order valence-corrected chi connectivity index (χ4v) is 1.99. The van der Waals surface area contributed by atoms with E-state index < -0.39 is 0 Å². The lowest BCUT2D eigenvalue weighted by Gasteiger charge is -2.09. The Bertz CT molecular complexity index is 588. The minimum Gasteiger partial charge on any atom is -0.397 e. The Kier molecular flexibility index (Phi) is 3.85.